The molecule has 0 spiro atoms. The molecule has 22 aromatic carbocycles. The lowest BCUT2D eigenvalue weighted by atomic mass is 9.98. The maximum Gasteiger partial charge on any atom is 0.159 e. The van der Waals surface area contributed by atoms with Crippen molar-refractivity contribution in [2.45, 2.75) is 0 Å². The lowest BCUT2D eigenvalue weighted by Gasteiger charge is -2.27. The summed E-state index contributed by atoms with van der Waals surface area (Å²) in [6.45, 7) is 0. The molecular weight excluding hydrogens is 1880 g/mol. The standard InChI is InChI=1S/C48H30N2OS.C44H28N2OS.C44H28N2S2/c1-2-15-33(16-3-1)50-41-23-8-6-19-39(41)48-45(50)40-22-12-25-43(47(40)52-48)49(42-24-11-21-38-37-18-7-9-26-44(37)51-46(38)42)34-29-27-32(28-30-34)36-20-10-14-31-13-4-5-17-35(31)36;2*1-3-13-29(14-4-1)30-25-27-32(28-26-30)45(38-22-11-19-34-33-17-8-10-24-40(33)47-42(34)38)39-23-12-20-36-41-44(48-43(36)39)35-18-7-9-21-37(35)46(41)31-15-5-2-6-16-31/h1-30H;2*1-28H. The number of aromatic nitrogens is 3. The first kappa shape index (κ1) is 86.3. The SMILES string of the molecule is c1ccc(-c2ccc(N(c3cccc4c3oc3ccccc34)c3cccc4c3sc3c5ccccc5n(-c5ccccc5)c43)cc2)cc1.c1ccc(-c2ccc(N(c3cccc4c3sc3ccccc34)c3cccc4c3sc3c5ccccc5n(-c5ccccc5)c43)cc2)cc1.c1ccc(-n2c3ccccc3c3sc4c(N(c5ccc(-c6cccc7ccccc67)cc5)c5cccc6c5oc5ccccc56)cccc4c32)cc1. The highest BCUT2D eigenvalue weighted by Gasteiger charge is 2.31. The summed E-state index contributed by atoms with van der Waals surface area (Å²) in [6.07, 6.45) is 0. The Morgan fingerprint density at radius 1 is 0.169 bits per heavy atom. The van der Waals surface area contributed by atoms with Gasteiger partial charge in [0, 0.05) is 103 Å². The van der Waals surface area contributed by atoms with Gasteiger partial charge in [0.15, 0.2) is 11.2 Å². The topological polar surface area (TPSA) is 50.8 Å². The van der Waals surface area contributed by atoms with E-state index in [1.165, 1.54) is 175 Å². The molecule has 0 atom stereocenters. The molecule has 9 heterocycles. The lowest BCUT2D eigenvalue weighted by Crippen LogP contribution is -2.10. The van der Waals surface area contributed by atoms with Crippen LogP contribution >= 0.6 is 45.3 Å². The van der Waals surface area contributed by atoms with E-state index in [0.29, 0.717) is 0 Å². The fourth-order valence-electron chi connectivity index (χ4n) is 22.6. The predicted octanol–water partition coefficient (Wildman–Crippen LogP) is 40.7. The summed E-state index contributed by atoms with van der Waals surface area (Å²) in [6, 6.07) is 187. The van der Waals surface area contributed by atoms with Gasteiger partial charge in [-0.2, -0.15) is 0 Å². The smallest absolute Gasteiger partial charge is 0.159 e. The molecule has 0 aliphatic heterocycles. The predicted molar refractivity (Wildman–Crippen MR) is 634 cm³/mol. The van der Waals surface area contributed by atoms with Crippen LogP contribution in [0, 0.1) is 0 Å². The molecule has 0 radical (unpaired) electrons. The Labute approximate surface area is 867 Å². The van der Waals surface area contributed by atoms with E-state index in [9.17, 15) is 0 Å². The first-order valence-electron chi connectivity index (χ1n) is 50.0. The molecule has 0 saturated carbocycles. The molecule has 0 unspecified atom stereocenters. The number of anilines is 9. The second-order valence-electron chi connectivity index (χ2n) is 37.5. The largest absolute Gasteiger partial charge is 0.454 e. The summed E-state index contributed by atoms with van der Waals surface area (Å²) in [7, 11) is 0. The Morgan fingerprint density at radius 2 is 0.446 bits per heavy atom. The van der Waals surface area contributed by atoms with Gasteiger partial charge >= 0.3 is 0 Å². The van der Waals surface area contributed by atoms with Gasteiger partial charge in [0.1, 0.15) is 11.2 Å². The third-order valence-corrected chi connectivity index (χ3v) is 34.1. The van der Waals surface area contributed by atoms with Gasteiger partial charge in [0.2, 0.25) is 0 Å². The number of nitrogens with zero attached hydrogens (tertiary/aromatic N) is 6. The van der Waals surface area contributed by atoms with E-state index >= 15 is 0 Å². The molecule has 0 bridgehead atoms. The van der Waals surface area contributed by atoms with E-state index in [1.807, 2.05) is 57.5 Å². The van der Waals surface area contributed by atoms with E-state index in [1.54, 1.807) is 0 Å². The molecule has 0 fully saturated rings. The van der Waals surface area contributed by atoms with E-state index in [2.05, 4.69) is 538 Å². The average Bonchev–Trinajstić information content (AvgIpc) is 1.56. The number of rotatable bonds is 15. The number of para-hydroxylation sites is 10. The number of furan rings is 2. The zero-order valence-electron chi connectivity index (χ0n) is 79.8. The minimum absolute atomic E-state index is 0.874. The second kappa shape index (κ2) is 35.9. The lowest BCUT2D eigenvalue weighted by molar-refractivity contribution is 0.669. The monoisotopic (exact) mass is 1960 g/mol. The molecule has 148 heavy (non-hydrogen) atoms. The van der Waals surface area contributed by atoms with Gasteiger partial charge in [-0.3, -0.25) is 0 Å². The quantitative estimate of drug-likeness (QED) is 0.102. The van der Waals surface area contributed by atoms with Crippen LogP contribution in [0.5, 0.6) is 0 Å². The highest BCUT2D eigenvalue weighted by atomic mass is 32.1. The summed E-state index contributed by atoms with van der Waals surface area (Å²) in [4.78, 5) is 7.26. The second-order valence-corrected chi connectivity index (χ2v) is 41.6. The van der Waals surface area contributed by atoms with Gasteiger partial charge in [0.25, 0.3) is 0 Å². The van der Waals surface area contributed by atoms with Crippen molar-refractivity contribution >= 4 is 265 Å². The molecule has 12 heteroatoms. The molecular formula is C136H86N6O2S4. The van der Waals surface area contributed by atoms with Crippen LogP contribution in [0.15, 0.2) is 531 Å². The van der Waals surface area contributed by atoms with Gasteiger partial charge in [-0.05, 0) is 190 Å². The van der Waals surface area contributed by atoms with Crippen molar-refractivity contribution in [3.05, 3.63) is 522 Å². The van der Waals surface area contributed by atoms with Crippen LogP contribution in [0.4, 0.5) is 51.2 Å². The molecule has 0 amide bonds. The minimum Gasteiger partial charge on any atom is -0.454 e. The van der Waals surface area contributed by atoms with Crippen molar-refractivity contribution in [2.24, 2.45) is 0 Å². The fourth-order valence-corrected chi connectivity index (χ4v) is 27.8. The Hall–Kier alpha value is -18.4. The number of benzene rings is 22. The molecule has 0 saturated heterocycles. The van der Waals surface area contributed by atoms with E-state index < -0.39 is 0 Å². The third kappa shape index (κ3) is 14.3. The maximum atomic E-state index is 6.70. The summed E-state index contributed by atoms with van der Waals surface area (Å²) in [5.41, 5.74) is 31.6. The van der Waals surface area contributed by atoms with Crippen molar-refractivity contribution < 1.29 is 8.83 Å². The summed E-state index contributed by atoms with van der Waals surface area (Å²) in [5.74, 6) is 0. The van der Waals surface area contributed by atoms with Crippen LogP contribution in [0.1, 0.15) is 0 Å². The van der Waals surface area contributed by atoms with Crippen LogP contribution in [0.2, 0.25) is 0 Å². The zero-order valence-corrected chi connectivity index (χ0v) is 83.1. The highest BCUT2D eigenvalue weighted by Crippen LogP contribution is 2.57. The van der Waals surface area contributed by atoms with Crippen molar-refractivity contribution in [3.63, 3.8) is 0 Å². The maximum absolute atomic E-state index is 6.70. The van der Waals surface area contributed by atoms with Crippen LogP contribution in [-0.4, -0.2) is 13.7 Å². The van der Waals surface area contributed by atoms with Gasteiger partial charge in [-0.25, -0.2) is 0 Å². The van der Waals surface area contributed by atoms with Gasteiger partial charge in [-0.15, -0.1) is 45.3 Å². The Morgan fingerprint density at radius 3 is 0.851 bits per heavy atom. The minimum atomic E-state index is 0.874. The summed E-state index contributed by atoms with van der Waals surface area (Å²) >= 11 is 7.52. The van der Waals surface area contributed by atoms with Crippen molar-refractivity contribution in [1.29, 1.82) is 0 Å². The van der Waals surface area contributed by atoms with Crippen LogP contribution in [-0.2, 0) is 0 Å². The summed E-state index contributed by atoms with van der Waals surface area (Å²) in [5, 5.41) is 17.1. The van der Waals surface area contributed by atoms with Crippen LogP contribution < -0.4 is 14.7 Å². The molecule has 9 aromatic heterocycles. The molecule has 0 aliphatic rings. The molecule has 8 nitrogen and oxygen atoms in total. The Bertz CT molecular complexity index is 10200. The van der Waals surface area contributed by atoms with Crippen LogP contribution in [0.3, 0.4) is 0 Å². The van der Waals surface area contributed by atoms with E-state index in [-0.39, 0.29) is 0 Å². The number of hydrogen-bond acceptors (Lipinski definition) is 9. The van der Waals surface area contributed by atoms with Gasteiger partial charge in [0.05, 0.1) is 100 Å². The average molecular weight is 1960 g/mol. The van der Waals surface area contributed by atoms with Crippen molar-refractivity contribution in [3.8, 4) is 50.4 Å². The zero-order chi connectivity index (χ0) is 97.4. The highest BCUT2D eigenvalue weighted by molar-refractivity contribution is 7.28. The Kier molecular flexibility index (Phi) is 20.9. The van der Waals surface area contributed by atoms with E-state index in [4.69, 9.17) is 8.83 Å². The van der Waals surface area contributed by atoms with Crippen LogP contribution in [0.25, 0.3) is 219 Å². The van der Waals surface area contributed by atoms with Crippen molar-refractivity contribution in [2.75, 3.05) is 14.7 Å². The summed E-state index contributed by atoms with van der Waals surface area (Å²) < 4.78 is 30.9. The molecule has 0 N–H and O–H groups in total. The molecule has 31 aromatic rings. The number of hydrogen-bond donors (Lipinski definition) is 0. The number of fused-ring (bicyclic) bond motifs is 25. The number of thiophene rings is 4. The van der Waals surface area contributed by atoms with Crippen molar-refractivity contribution in [1.82, 2.24) is 13.7 Å². The van der Waals surface area contributed by atoms with Gasteiger partial charge in [-0.1, -0.05) is 376 Å². The molecule has 0 aliphatic carbocycles. The first-order chi connectivity index (χ1) is 73.5. The molecule has 696 valence electrons. The van der Waals surface area contributed by atoms with E-state index in [0.717, 1.165) is 95.1 Å². The van der Waals surface area contributed by atoms with Gasteiger partial charge < -0.3 is 37.2 Å². The third-order valence-electron chi connectivity index (χ3n) is 29.2. The fraction of sp³-hybridized carbons (Fsp3) is 0. The normalized spacial score (nSPS) is 11.8. The Balaban J connectivity index is 0.000000105. The first-order valence-corrected chi connectivity index (χ1v) is 53.3. The molecule has 31 rings (SSSR count).